The molecular formula is C20H25F2N3O2. The maximum absolute atomic E-state index is 13.7. The number of piperidine rings is 3. The van der Waals surface area contributed by atoms with E-state index in [4.69, 9.17) is 0 Å². The van der Waals surface area contributed by atoms with Gasteiger partial charge in [0.25, 0.3) is 0 Å². The molecule has 0 aromatic heterocycles. The number of carbonyl (C=O) groups excluding carboxylic acids is 2. The molecule has 4 rings (SSSR count). The Morgan fingerprint density at radius 1 is 1.22 bits per heavy atom. The molecule has 1 N–H and O–H groups in total. The van der Waals surface area contributed by atoms with Crippen LogP contribution in [0.15, 0.2) is 18.2 Å². The Balaban J connectivity index is 1.32. The highest BCUT2D eigenvalue weighted by molar-refractivity contribution is 5.78. The molecule has 2 bridgehead atoms. The Kier molecular flexibility index (Phi) is 5.12. The highest BCUT2D eigenvalue weighted by Crippen LogP contribution is 2.37. The van der Waals surface area contributed by atoms with Crippen molar-refractivity contribution in [2.75, 3.05) is 26.2 Å². The molecule has 2 unspecified atom stereocenters. The van der Waals surface area contributed by atoms with Crippen LogP contribution in [0.25, 0.3) is 0 Å². The first-order chi connectivity index (χ1) is 13.0. The number of rotatable bonds is 4. The maximum atomic E-state index is 13.7. The number of likely N-dealkylation sites (tertiary alicyclic amines) is 1. The van der Waals surface area contributed by atoms with E-state index in [0.29, 0.717) is 24.3 Å². The number of hydrogen-bond acceptors (Lipinski definition) is 3. The van der Waals surface area contributed by atoms with Crippen LogP contribution in [0.2, 0.25) is 0 Å². The molecule has 3 fully saturated rings. The predicted molar refractivity (Wildman–Crippen MR) is 95.6 cm³/mol. The lowest BCUT2D eigenvalue weighted by Gasteiger charge is -2.52. The molecule has 0 saturated carbocycles. The van der Waals surface area contributed by atoms with Crippen molar-refractivity contribution in [2.24, 2.45) is 11.8 Å². The van der Waals surface area contributed by atoms with Gasteiger partial charge in [0, 0.05) is 44.2 Å². The van der Waals surface area contributed by atoms with Crippen LogP contribution in [0, 0.1) is 23.5 Å². The molecule has 7 heteroatoms. The summed E-state index contributed by atoms with van der Waals surface area (Å²) in [7, 11) is 0. The molecule has 5 nitrogen and oxygen atoms in total. The molecule has 0 spiro atoms. The van der Waals surface area contributed by atoms with Gasteiger partial charge in [-0.1, -0.05) is 0 Å². The molecular weight excluding hydrogens is 352 g/mol. The van der Waals surface area contributed by atoms with E-state index in [0.717, 1.165) is 57.1 Å². The molecule has 3 heterocycles. The van der Waals surface area contributed by atoms with Crippen molar-refractivity contribution in [3.8, 4) is 0 Å². The molecule has 3 aliphatic rings. The quantitative estimate of drug-likeness (QED) is 0.872. The number of benzene rings is 1. The van der Waals surface area contributed by atoms with Gasteiger partial charge in [-0.3, -0.25) is 14.5 Å². The first-order valence-corrected chi connectivity index (χ1v) is 9.72. The van der Waals surface area contributed by atoms with Crippen molar-refractivity contribution in [1.29, 1.82) is 0 Å². The number of halogens is 2. The van der Waals surface area contributed by atoms with Crippen LogP contribution in [0.4, 0.5) is 8.78 Å². The second kappa shape index (κ2) is 7.54. The van der Waals surface area contributed by atoms with E-state index in [1.807, 2.05) is 0 Å². The lowest BCUT2D eigenvalue weighted by molar-refractivity contribution is -0.145. The van der Waals surface area contributed by atoms with E-state index < -0.39 is 11.6 Å². The Morgan fingerprint density at radius 2 is 2.07 bits per heavy atom. The molecule has 0 radical (unpaired) electrons. The number of nitrogens with zero attached hydrogens (tertiary/aromatic N) is 2. The van der Waals surface area contributed by atoms with Crippen LogP contribution < -0.4 is 5.32 Å². The van der Waals surface area contributed by atoms with Gasteiger partial charge in [-0.15, -0.1) is 0 Å². The number of nitrogens with one attached hydrogen (secondary N) is 1. The minimum Gasteiger partial charge on any atom is -0.351 e. The predicted octanol–water partition coefficient (Wildman–Crippen LogP) is 1.91. The van der Waals surface area contributed by atoms with Crippen molar-refractivity contribution in [3.63, 3.8) is 0 Å². The van der Waals surface area contributed by atoms with E-state index >= 15 is 0 Å². The van der Waals surface area contributed by atoms with Gasteiger partial charge in [-0.05, 0) is 49.3 Å². The van der Waals surface area contributed by atoms with Crippen LogP contribution in [0.3, 0.4) is 0 Å². The van der Waals surface area contributed by atoms with Crippen LogP contribution in [-0.4, -0.2) is 53.8 Å². The molecule has 3 saturated heterocycles. The summed E-state index contributed by atoms with van der Waals surface area (Å²) in [6.45, 7) is 2.65. The zero-order chi connectivity index (χ0) is 19.0. The zero-order valence-electron chi connectivity index (χ0n) is 15.3. The second-order valence-corrected chi connectivity index (χ2v) is 8.07. The van der Waals surface area contributed by atoms with Gasteiger partial charge < -0.3 is 10.2 Å². The van der Waals surface area contributed by atoms with Crippen molar-refractivity contribution in [3.05, 3.63) is 35.4 Å². The average Bonchev–Trinajstić information content (AvgIpc) is 2.63. The van der Waals surface area contributed by atoms with Crippen molar-refractivity contribution < 1.29 is 18.4 Å². The number of hydrogen-bond donors (Lipinski definition) is 1. The first kappa shape index (κ1) is 18.3. The summed E-state index contributed by atoms with van der Waals surface area (Å²) in [6.07, 6.45) is 3.81. The summed E-state index contributed by atoms with van der Waals surface area (Å²) in [5.74, 6) is -0.104. The van der Waals surface area contributed by atoms with Gasteiger partial charge >= 0.3 is 0 Å². The SMILES string of the molecule is O=C(CN1CC2CC(C1)[C@H]1CCCC(=O)N1C2)NCc1cc(F)ccc1F. The fourth-order valence-electron chi connectivity index (χ4n) is 4.97. The molecule has 3 aliphatic heterocycles. The molecule has 0 aliphatic carbocycles. The molecule has 3 atom stereocenters. The molecule has 27 heavy (non-hydrogen) atoms. The molecule has 1 aromatic carbocycles. The first-order valence-electron chi connectivity index (χ1n) is 9.72. The van der Waals surface area contributed by atoms with E-state index in [-0.39, 0.29) is 30.5 Å². The fourth-order valence-corrected chi connectivity index (χ4v) is 4.97. The minimum atomic E-state index is -0.522. The summed E-state index contributed by atoms with van der Waals surface area (Å²) in [5.41, 5.74) is 0.148. The van der Waals surface area contributed by atoms with E-state index in [9.17, 15) is 18.4 Å². The topological polar surface area (TPSA) is 52.7 Å². The molecule has 1 aromatic rings. The smallest absolute Gasteiger partial charge is 0.234 e. The van der Waals surface area contributed by atoms with Gasteiger partial charge in [0.2, 0.25) is 11.8 Å². The van der Waals surface area contributed by atoms with E-state index in [2.05, 4.69) is 15.1 Å². The largest absolute Gasteiger partial charge is 0.351 e. The summed E-state index contributed by atoms with van der Waals surface area (Å²) in [4.78, 5) is 28.7. The minimum absolute atomic E-state index is 0.0198. The van der Waals surface area contributed by atoms with Crippen LogP contribution in [0.1, 0.15) is 31.2 Å². The van der Waals surface area contributed by atoms with Gasteiger partial charge in [0.1, 0.15) is 11.6 Å². The fraction of sp³-hybridized carbons (Fsp3) is 0.600. The highest BCUT2D eigenvalue weighted by atomic mass is 19.1. The van der Waals surface area contributed by atoms with Crippen molar-refractivity contribution >= 4 is 11.8 Å². The van der Waals surface area contributed by atoms with Gasteiger partial charge in [-0.2, -0.15) is 0 Å². The van der Waals surface area contributed by atoms with Crippen LogP contribution in [0.5, 0.6) is 0 Å². The second-order valence-electron chi connectivity index (χ2n) is 8.07. The van der Waals surface area contributed by atoms with Gasteiger partial charge in [0.15, 0.2) is 0 Å². The van der Waals surface area contributed by atoms with Crippen molar-refractivity contribution in [1.82, 2.24) is 15.1 Å². The summed E-state index contributed by atoms with van der Waals surface area (Å²) in [5, 5.41) is 2.69. The lowest BCUT2D eigenvalue weighted by atomic mass is 9.76. The standard InChI is InChI=1S/C20H25F2N3O2/c21-16-4-5-17(22)14(7-16)8-23-19(26)12-24-9-13-6-15(11-24)18-2-1-3-20(27)25(18)10-13/h4-5,7,13,15,18H,1-3,6,8-12H2,(H,23,26)/t13?,15?,18-/m1/s1. The van der Waals surface area contributed by atoms with Crippen molar-refractivity contribution in [2.45, 2.75) is 38.3 Å². The van der Waals surface area contributed by atoms with Gasteiger partial charge in [0.05, 0.1) is 6.54 Å². The van der Waals surface area contributed by atoms with E-state index in [1.165, 1.54) is 0 Å². The number of carbonyl (C=O) groups is 2. The van der Waals surface area contributed by atoms with Crippen LogP contribution in [-0.2, 0) is 16.1 Å². The summed E-state index contributed by atoms with van der Waals surface area (Å²) >= 11 is 0. The highest BCUT2D eigenvalue weighted by Gasteiger charge is 2.43. The third-order valence-corrected chi connectivity index (χ3v) is 6.11. The number of amides is 2. The lowest BCUT2D eigenvalue weighted by Crippen LogP contribution is -2.61. The molecule has 146 valence electrons. The Bertz CT molecular complexity index is 742. The van der Waals surface area contributed by atoms with Crippen LogP contribution >= 0.6 is 0 Å². The Labute approximate surface area is 157 Å². The summed E-state index contributed by atoms with van der Waals surface area (Å²) in [6, 6.07) is 3.55. The Hall–Kier alpha value is -2.02. The summed E-state index contributed by atoms with van der Waals surface area (Å²) < 4.78 is 26.9. The van der Waals surface area contributed by atoms with E-state index in [1.54, 1.807) is 0 Å². The Morgan fingerprint density at radius 3 is 2.93 bits per heavy atom. The van der Waals surface area contributed by atoms with Gasteiger partial charge in [-0.25, -0.2) is 8.78 Å². The monoisotopic (exact) mass is 377 g/mol. The maximum Gasteiger partial charge on any atom is 0.234 e. The molecule has 2 amide bonds. The average molecular weight is 377 g/mol. The third-order valence-electron chi connectivity index (χ3n) is 6.11. The zero-order valence-corrected chi connectivity index (χ0v) is 15.3. The third kappa shape index (κ3) is 3.98. The normalized spacial score (nSPS) is 28.0. The number of fused-ring (bicyclic) bond motifs is 4.